The standard InChI is InChI=1S/C42H32F4N14O2P2/c1-63(2,61)32-8-4-6-26(18-32)35-20-48-37-39(52-35)59(56-54-37)42(45,46)30-11-14-34-27(17-30)9-12-31(51-34)23-64(3,62)24-58-22-28(19-50-58)36-21-49-38-40(53-36)60(57-55-38)41(43,44)29-10-13-33-25(16-29)7-5-15-47-33/h4-22H,23-24H2,1-3H3. The number of benzene rings is 3. The molecular formula is C42H32F4N14O2P2. The van der Waals surface area contributed by atoms with Crippen LogP contribution in [-0.2, 0) is 33.7 Å². The van der Waals surface area contributed by atoms with Gasteiger partial charge in [-0.2, -0.15) is 32.0 Å². The Bertz CT molecular complexity index is 3570. The average molecular weight is 903 g/mol. The molecule has 7 aromatic heterocycles. The summed E-state index contributed by atoms with van der Waals surface area (Å²) in [6.07, 6.45) is 7.47. The SMILES string of the molecule is CP(=O)(Cc1ccc2cc(C(F)(F)n3nnc4ncc(-c5cccc(P(C)(C)=O)c5)nc43)ccc2n1)Cn1cc(-c2cnc3nnn(C(F)(F)c4ccc5ncccc5c4)c3n2)cn1. The van der Waals surface area contributed by atoms with Crippen LogP contribution < -0.4 is 5.30 Å². The molecule has 1 unspecified atom stereocenters. The molecule has 7 heterocycles. The maximum atomic E-state index is 16.2. The lowest BCUT2D eigenvalue weighted by atomic mass is 10.1. The summed E-state index contributed by atoms with van der Waals surface area (Å²) < 4.78 is 93.2. The molecule has 22 heteroatoms. The summed E-state index contributed by atoms with van der Waals surface area (Å²) >= 11 is 0. The first-order chi connectivity index (χ1) is 30.5. The number of hydrogen-bond acceptors (Lipinski definition) is 13. The molecule has 0 amide bonds. The molecule has 10 rings (SSSR count). The lowest BCUT2D eigenvalue weighted by Crippen LogP contribution is -2.26. The fraction of sp³-hybridized carbons (Fsp3) is 0.167. The van der Waals surface area contributed by atoms with Gasteiger partial charge in [0.05, 0.1) is 47.3 Å². The summed E-state index contributed by atoms with van der Waals surface area (Å²) in [5.74, 6) is 0. The molecular weight excluding hydrogens is 870 g/mol. The van der Waals surface area contributed by atoms with E-state index in [1.807, 2.05) is 0 Å². The number of halogens is 4. The molecule has 0 N–H and O–H groups in total. The number of pyridine rings is 2. The summed E-state index contributed by atoms with van der Waals surface area (Å²) in [6, 6.07) is 14.3. The number of rotatable bonds is 11. The number of aromatic nitrogens is 14. The normalized spacial score (nSPS) is 13.6. The van der Waals surface area contributed by atoms with Crippen molar-refractivity contribution >= 4 is 64.0 Å². The van der Waals surface area contributed by atoms with Gasteiger partial charge in [-0.05, 0) is 74.6 Å². The number of hydrogen-bond donors (Lipinski definition) is 0. The highest BCUT2D eigenvalue weighted by Gasteiger charge is 2.39. The Kier molecular flexibility index (Phi) is 9.57. The third kappa shape index (κ3) is 7.47. The lowest BCUT2D eigenvalue weighted by molar-refractivity contribution is -0.0463. The van der Waals surface area contributed by atoms with Gasteiger partial charge >= 0.3 is 12.1 Å². The smallest absolute Gasteiger partial charge is 0.322 e. The first kappa shape index (κ1) is 40.9. The van der Waals surface area contributed by atoms with Crippen LogP contribution in [0.4, 0.5) is 17.6 Å². The zero-order valence-corrected chi connectivity index (χ0v) is 35.7. The molecule has 0 aliphatic rings. The largest absolute Gasteiger partial charge is 0.373 e. The monoisotopic (exact) mass is 902 g/mol. The molecule has 320 valence electrons. The molecule has 0 bridgehead atoms. The van der Waals surface area contributed by atoms with E-state index >= 15 is 17.6 Å². The van der Waals surface area contributed by atoms with Gasteiger partial charge in [0.25, 0.3) is 0 Å². The maximum absolute atomic E-state index is 16.2. The third-order valence-corrected chi connectivity index (χ3v) is 13.9. The van der Waals surface area contributed by atoms with Crippen LogP contribution in [0.3, 0.4) is 0 Å². The van der Waals surface area contributed by atoms with Crippen molar-refractivity contribution in [1.82, 2.24) is 69.7 Å². The fourth-order valence-electron chi connectivity index (χ4n) is 7.31. The van der Waals surface area contributed by atoms with Crippen LogP contribution in [0.25, 0.3) is 66.9 Å². The Balaban J connectivity index is 0.855. The van der Waals surface area contributed by atoms with Crippen LogP contribution >= 0.6 is 14.3 Å². The first-order valence-electron chi connectivity index (χ1n) is 19.5. The van der Waals surface area contributed by atoms with Crippen molar-refractivity contribution in [2.75, 3.05) is 20.0 Å². The molecule has 0 aliphatic heterocycles. The zero-order valence-electron chi connectivity index (χ0n) is 33.9. The Morgan fingerprint density at radius 2 is 1.25 bits per heavy atom. The van der Waals surface area contributed by atoms with Crippen molar-refractivity contribution in [2.24, 2.45) is 0 Å². The van der Waals surface area contributed by atoms with Gasteiger partial charge in [-0.25, -0.2) is 19.9 Å². The third-order valence-electron chi connectivity index (χ3n) is 10.5. The highest BCUT2D eigenvalue weighted by atomic mass is 31.2. The van der Waals surface area contributed by atoms with Crippen molar-refractivity contribution < 1.29 is 26.7 Å². The second-order valence-electron chi connectivity index (χ2n) is 15.8. The van der Waals surface area contributed by atoms with Gasteiger partial charge in [-0.15, -0.1) is 10.2 Å². The van der Waals surface area contributed by atoms with E-state index in [2.05, 4.69) is 55.6 Å². The van der Waals surface area contributed by atoms with Crippen LogP contribution in [-0.4, -0.2) is 89.7 Å². The van der Waals surface area contributed by atoms with Gasteiger partial charge in [-0.1, -0.05) is 40.8 Å². The van der Waals surface area contributed by atoms with E-state index in [1.54, 1.807) is 80.9 Å². The predicted octanol–water partition coefficient (Wildman–Crippen LogP) is 7.98. The van der Waals surface area contributed by atoms with Gasteiger partial charge in [-0.3, -0.25) is 14.6 Å². The predicted molar refractivity (Wildman–Crippen MR) is 231 cm³/mol. The summed E-state index contributed by atoms with van der Waals surface area (Å²) in [5.41, 5.74) is 1.55. The van der Waals surface area contributed by atoms with Gasteiger partial charge in [0, 0.05) is 62.6 Å². The summed E-state index contributed by atoms with van der Waals surface area (Å²) in [4.78, 5) is 26.1. The molecule has 1 atom stereocenters. The number of alkyl halides is 4. The minimum atomic E-state index is -3.70. The van der Waals surface area contributed by atoms with E-state index in [0.717, 1.165) is 0 Å². The molecule has 0 spiro atoms. The molecule has 10 aromatic rings. The minimum Gasteiger partial charge on any atom is -0.322 e. The Morgan fingerprint density at radius 3 is 1.91 bits per heavy atom. The van der Waals surface area contributed by atoms with Crippen molar-refractivity contribution in [3.05, 3.63) is 133 Å². The van der Waals surface area contributed by atoms with Crippen LogP contribution in [0.1, 0.15) is 16.8 Å². The van der Waals surface area contributed by atoms with Crippen LogP contribution in [0, 0.1) is 0 Å². The minimum absolute atomic E-state index is 0.00183. The van der Waals surface area contributed by atoms with Crippen molar-refractivity contribution in [1.29, 1.82) is 0 Å². The van der Waals surface area contributed by atoms with E-state index in [0.29, 0.717) is 53.3 Å². The second-order valence-corrected chi connectivity index (χ2v) is 22.2. The summed E-state index contributed by atoms with van der Waals surface area (Å²) in [7, 11) is -5.63. The molecule has 0 saturated carbocycles. The maximum Gasteiger partial charge on any atom is 0.373 e. The number of fused-ring (bicyclic) bond motifs is 4. The highest BCUT2D eigenvalue weighted by Crippen LogP contribution is 2.47. The van der Waals surface area contributed by atoms with Crippen molar-refractivity contribution in [3.8, 4) is 22.5 Å². The van der Waals surface area contributed by atoms with E-state index in [4.69, 9.17) is 0 Å². The van der Waals surface area contributed by atoms with Crippen LogP contribution in [0.2, 0.25) is 0 Å². The van der Waals surface area contributed by atoms with Crippen molar-refractivity contribution in [3.63, 3.8) is 0 Å². The Morgan fingerprint density at radius 1 is 0.625 bits per heavy atom. The lowest BCUT2D eigenvalue weighted by Gasteiger charge is -2.18. The van der Waals surface area contributed by atoms with E-state index in [-0.39, 0.29) is 52.0 Å². The van der Waals surface area contributed by atoms with Crippen LogP contribution in [0.5, 0.6) is 0 Å². The molecule has 3 aromatic carbocycles. The molecule has 0 saturated heterocycles. The molecule has 0 aliphatic carbocycles. The topological polar surface area (TPSA) is 191 Å². The second kappa shape index (κ2) is 15.0. The fourth-order valence-corrected chi connectivity index (χ4v) is 9.93. The van der Waals surface area contributed by atoms with E-state index < -0.39 is 31.9 Å². The average Bonchev–Trinajstić information content (AvgIpc) is 4.04. The van der Waals surface area contributed by atoms with Crippen LogP contribution in [0.15, 0.2) is 116 Å². The quantitative estimate of drug-likeness (QED) is 0.0898. The van der Waals surface area contributed by atoms with Crippen molar-refractivity contribution in [2.45, 2.75) is 24.5 Å². The molecule has 0 radical (unpaired) electrons. The highest BCUT2D eigenvalue weighted by molar-refractivity contribution is 7.70. The zero-order chi connectivity index (χ0) is 44.6. The van der Waals surface area contributed by atoms with Gasteiger partial charge in [0.1, 0.15) is 14.3 Å². The number of nitrogens with zero attached hydrogens (tertiary/aromatic N) is 14. The Labute approximate surface area is 359 Å². The molecule has 0 fully saturated rings. The van der Waals surface area contributed by atoms with Gasteiger partial charge in [0.2, 0.25) is 22.6 Å². The van der Waals surface area contributed by atoms with E-state index in [9.17, 15) is 9.13 Å². The first-order valence-corrected chi connectivity index (χ1v) is 24.6. The van der Waals surface area contributed by atoms with E-state index in [1.165, 1.54) is 59.7 Å². The van der Waals surface area contributed by atoms with Gasteiger partial charge in [0.15, 0.2) is 0 Å². The Hall–Kier alpha value is -7.17. The van der Waals surface area contributed by atoms with Gasteiger partial charge < -0.3 is 9.13 Å². The molecule has 64 heavy (non-hydrogen) atoms. The molecule has 16 nitrogen and oxygen atoms in total. The summed E-state index contributed by atoms with van der Waals surface area (Å²) in [5, 5.41) is 20.9. The summed E-state index contributed by atoms with van der Waals surface area (Å²) in [6.45, 7) is 4.88.